The molecule has 0 radical (unpaired) electrons. The Bertz CT molecular complexity index is 1220. The van der Waals surface area contributed by atoms with Crippen LogP contribution < -0.4 is 5.32 Å². The molecule has 2 N–H and O–H groups in total. The molecule has 5 rings (SSSR count). The lowest BCUT2D eigenvalue weighted by molar-refractivity contribution is -0.138. The number of anilines is 1. The molecule has 2 aliphatic rings. The topological polar surface area (TPSA) is 113 Å². The van der Waals surface area contributed by atoms with E-state index in [0.29, 0.717) is 30.2 Å². The largest absolute Gasteiger partial charge is 0.481 e. The van der Waals surface area contributed by atoms with Gasteiger partial charge in [0.1, 0.15) is 17.3 Å². The molecule has 2 aliphatic heterocycles. The number of fused-ring (bicyclic) bond motifs is 2. The number of pyridine rings is 1. The number of amides is 1. The van der Waals surface area contributed by atoms with Crippen molar-refractivity contribution in [3.63, 3.8) is 0 Å². The summed E-state index contributed by atoms with van der Waals surface area (Å²) in [5, 5.41) is 12.8. The molecule has 5 heterocycles. The minimum atomic E-state index is -0.966. The molecule has 0 fully saturated rings. The molecule has 3 aromatic heterocycles. The zero-order valence-corrected chi connectivity index (χ0v) is 19.2. The highest BCUT2D eigenvalue weighted by Crippen LogP contribution is 2.29. The van der Waals surface area contributed by atoms with Gasteiger partial charge in [-0.05, 0) is 55.9 Å². The van der Waals surface area contributed by atoms with E-state index in [1.165, 1.54) is 5.56 Å². The molecular formula is C25H28N6O3. The predicted octanol–water partition coefficient (Wildman–Crippen LogP) is 2.80. The summed E-state index contributed by atoms with van der Waals surface area (Å²) >= 11 is 0. The van der Waals surface area contributed by atoms with Crippen LogP contribution in [-0.4, -0.2) is 54.5 Å². The molecule has 0 aliphatic carbocycles. The molecule has 3 aromatic rings. The fourth-order valence-electron chi connectivity index (χ4n) is 4.76. The quantitative estimate of drug-likeness (QED) is 0.557. The predicted molar refractivity (Wildman–Crippen MR) is 126 cm³/mol. The standard InChI is InChI=1S/C25H28N6O3/c1-16-27-13-19(14-28-16)21(12-23(32)33)31-10-9-30-15-17(11-22(30)25(31)34)4-6-20-7-5-18-3-2-8-26-24(18)29-20/h5,7,11,13-15,21H,2-4,6,8-10,12H2,1H3,(H,26,29)(H,32,33)/t21-/m0/s1. The SMILES string of the molecule is Cc1ncc([C@H](CC(=O)O)N2CCn3cc(CCc4ccc5c(n4)NCCC5)cc3C2=O)cn1. The van der Waals surface area contributed by atoms with Crippen molar-refractivity contribution in [1.29, 1.82) is 0 Å². The Morgan fingerprint density at radius 2 is 2.03 bits per heavy atom. The van der Waals surface area contributed by atoms with E-state index >= 15 is 0 Å². The summed E-state index contributed by atoms with van der Waals surface area (Å²) < 4.78 is 1.97. The van der Waals surface area contributed by atoms with Crippen molar-refractivity contribution in [1.82, 2.24) is 24.4 Å². The van der Waals surface area contributed by atoms with Crippen LogP contribution in [0.2, 0.25) is 0 Å². The molecule has 0 unspecified atom stereocenters. The number of aryl methyl sites for hydroxylation is 4. The normalized spacial score (nSPS) is 15.9. The minimum absolute atomic E-state index is 0.166. The monoisotopic (exact) mass is 460 g/mol. The first-order valence-electron chi connectivity index (χ1n) is 11.7. The number of hydrogen-bond acceptors (Lipinski definition) is 6. The summed E-state index contributed by atoms with van der Waals surface area (Å²) in [4.78, 5) is 39.7. The van der Waals surface area contributed by atoms with Crippen molar-refractivity contribution in [3.8, 4) is 0 Å². The molecular weight excluding hydrogens is 432 g/mol. The molecule has 9 heteroatoms. The van der Waals surface area contributed by atoms with Gasteiger partial charge in [0.2, 0.25) is 0 Å². The van der Waals surface area contributed by atoms with Crippen molar-refractivity contribution < 1.29 is 14.7 Å². The second-order valence-corrected chi connectivity index (χ2v) is 8.94. The lowest BCUT2D eigenvalue weighted by Gasteiger charge is -2.34. The number of carbonyl (C=O) groups excluding carboxylic acids is 1. The van der Waals surface area contributed by atoms with E-state index in [4.69, 9.17) is 4.98 Å². The number of nitrogens with one attached hydrogen (secondary N) is 1. The number of aromatic nitrogens is 4. The third kappa shape index (κ3) is 4.50. The number of aliphatic carboxylic acids is 1. The average molecular weight is 461 g/mol. The van der Waals surface area contributed by atoms with Crippen molar-refractivity contribution in [2.75, 3.05) is 18.4 Å². The van der Waals surface area contributed by atoms with Crippen LogP contribution in [0.3, 0.4) is 0 Å². The van der Waals surface area contributed by atoms with Crippen LogP contribution in [0.4, 0.5) is 5.82 Å². The van der Waals surface area contributed by atoms with E-state index in [9.17, 15) is 14.7 Å². The van der Waals surface area contributed by atoms with E-state index in [0.717, 1.165) is 49.3 Å². The van der Waals surface area contributed by atoms with E-state index in [2.05, 4.69) is 27.4 Å². The Balaban J connectivity index is 1.32. The van der Waals surface area contributed by atoms with Crippen LogP contribution >= 0.6 is 0 Å². The molecule has 34 heavy (non-hydrogen) atoms. The van der Waals surface area contributed by atoms with Crippen molar-refractivity contribution in [3.05, 3.63) is 70.7 Å². The highest BCUT2D eigenvalue weighted by molar-refractivity contribution is 5.94. The number of nitrogens with zero attached hydrogens (tertiary/aromatic N) is 5. The molecule has 1 amide bonds. The molecule has 176 valence electrons. The highest BCUT2D eigenvalue weighted by atomic mass is 16.4. The van der Waals surface area contributed by atoms with Gasteiger partial charge in [0.15, 0.2) is 0 Å². The number of carboxylic acids is 1. The van der Waals surface area contributed by atoms with Crippen LogP contribution in [0.1, 0.15) is 57.6 Å². The number of rotatable bonds is 7. The number of carboxylic acid groups (broad SMARTS) is 1. The third-order valence-corrected chi connectivity index (χ3v) is 6.57. The maximum atomic E-state index is 13.4. The van der Waals surface area contributed by atoms with Crippen LogP contribution in [-0.2, 0) is 30.6 Å². The van der Waals surface area contributed by atoms with Gasteiger partial charge in [0.25, 0.3) is 5.91 Å². The van der Waals surface area contributed by atoms with Crippen molar-refractivity contribution >= 4 is 17.7 Å². The van der Waals surface area contributed by atoms with Crippen molar-refractivity contribution in [2.45, 2.75) is 51.6 Å². The fraction of sp³-hybridized carbons (Fsp3) is 0.400. The maximum absolute atomic E-state index is 13.4. The summed E-state index contributed by atoms with van der Waals surface area (Å²) in [6, 6.07) is 5.57. The smallest absolute Gasteiger partial charge is 0.305 e. The zero-order valence-electron chi connectivity index (χ0n) is 19.2. The lowest BCUT2D eigenvalue weighted by atomic mass is 10.0. The maximum Gasteiger partial charge on any atom is 0.305 e. The van der Waals surface area contributed by atoms with Crippen LogP contribution in [0.5, 0.6) is 0 Å². The van der Waals surface area contributed by atoms with Gasteiger partial charge in [-0.25, -0.2) is 15.0 Å². The van der Waals surface area contributed by atoms with Gasteiger partial charge in [-0.3, -0.25) is 9.59 Å². The van der Waals surface area contributed by atoms with E-state index in [-0.39, 0.29) is 12.3 Å². The first-order chi connectivity index (χ1) is 16.5. The Morgan fingerprint density at radius 1 is 1.21 bits per heavy atom. The van der Waals surface area contributed by atoms with Gasteiger partial charge >= 0.3 is 5.97 Å². The van der Waals surface area contributed by atoms with Crippen molar-refractivity contribution in [2.24, 2.45) is 0 Å². The Hall–Kier alpha value is -3.75. The Kier molecular flexibility index (Phi) is 6.00. The zero-order chi connectivity index (χ0) is 23.7. The minimum Gasteiger partial charge on any atom is -0.481 e. The molecule has 0 saturated heterocycles. The molecule has 0 aromatic carbocycles. The first-order valence-corrected chi connectivity index (χ1v) is 11.7. The second kappa shape index (κ2) is 9.24. The summed E-state index contributed by atoms with van der Waals surface area (Å²) in [5.74, 6) is 0.466. The van der Waals surface area contributed by atoms with Crippen LogP contribution in [0.25, 0.3) is 0 Å². The molecule has 0 bridgehead atoms. The summed E-state index contributed by atoms with van der Waals surface area (Å²) in [6.45, 7) is 3.78. The number of hydrogen-bond donors (Lipinski definition) is 2. The van der Waals surface area contributed by atoms with Gasteiger partial charge in [-0.1, -0.05) is 6.07 Å². The lowest BCUT2D eigenvalue weighted by Crippen LogP contribution is -2.43. The third-order valence-electron chi connectivity index (χ3n) is 6.57. The van der Waals surface area contributed by atoms with Gasteiger partial charge in [0, 0.05) is 49.5 Å². The fourth-order valence-corrected chi connectivity index (χ4v) is 4.76. The van der Waals surface area contributed by atoms with E-state index < -0.39 is 12.0 Å². The molecule has 9 nitrogen and oxygen atoms in total. The first kappa shape index (κ1) is 22.1. The van der Waals surface area contributed by atoms with Gasteiger partial charge in [-0.2, -0.15) is 0 Å². The Morgan fingerprint density at radius 3 is 2.82 bits per heavy atom. The molecule has 0 spiro atoms. The average Bonchev–Trinajstić information content (AvgIpc) is 3.26. The van der Waals surface area contributed by atoms with E-state index in [1.54, 1.807) is 24.2 Å². The number of carbonyl (C=O) groups is 2. The van der Waals surface area contributed by atoms with E-state index in [1.807, 2.05) is 16.8 Å². The van der Waals surface area contributed by atoms with Gasteiger partial charge < -0.3 is 19.9 Å². The molecule has 1 atom stereocenters. The summed E-state index contributed by atoms with van der Waals surface area (Å²) in [7, 11) is 0. The second-order valence-electron chi connectivity index (χ2n) is 8.94. The van der Waals surface area contributed by atoms with Gasteiger partial charge in [0.05, 0.1) is 12.5 Å². The summed E-state index contributed by atoms with van der Waals surface area (Å²) in [5.41, 5.74) is 4.60. The highest BCUT2D eigenvalue weighted by Gasteiger charge is 2.33. The van der Waals surface area contributed by atoms with Crippen LogP contribution in [0.15, 0.2) is 36.8 Å². The van der Waals surface area contributed by atoms with Crippen LogP contribution in [0, 0.1) is 6.92 Å². The summed E-state index contributed by atoms with van der Waals surface area (Å²) in [6.07, 6.45) is 8.84. The van der Waals surface area contributed by atoms with Gasteiger partial charge in [-0.15, -0.1) is 0 Å². The Labute approximate surface area is 197 Å². The molecule has 0 saturated carbocycles.